The number of hydrogen-bond donors (Lipinski definition) is 1. The number of carboxylic acids is 1. The smallest absolute Gasteiger partial charge is 0.362 e. The highest BCUT2D eigenvalue weighted by molar-refractivity contribution is 5.72. The zero-order valence-corrected chi connectivity index (χ0v) is 33.2. The topological polar surface area (TPSA) is 99.1 Å². The fraction of sp³-hybridized carbons (Fsp3) is 0.614. The first kappa shape index (κ1) is 48.5. The van der Waals surface area contributed by atoms with Gasteiger partial charge in [0, 0.05) is 19.3 Å². The summed E-state index contributed by atoms with van der Waals surface area (Å²) in [6, 6.07) is -0.631. The van der Waals surface area contributed by atoms with E-state index in [1.54, 1.807) is 0 Å². The molecular formula is C44H72NO7+. The van der Waals surface area contributed by atoms with E-state index in [1.165, 1.54) is 0 Å². The van der Waals surface area contributed by atoms with Crippen molar-refractivity contribution in [1.82, 2.24) is 0 Å². The molecule has 1 N–H and O–H groups in total. The Bertz CT molecular complexity index is 1120. The summed E-state index contributed by atoms with van der Waals surface area (Å²) >= 11 is 0. The predicted octanol–water partition coefficient (Wildman–Crippen LogP) is 10.2. The van der Waals surface area contributed by atoms with E-state index in [9.17, 15) is 19.5 Å². The third kappa shape index (κ3) is 32.4. The van der Waals surface area contributed by atoms with Crippen LogP contribution in [0.2, 0.25) is 0 Å². The summed E-state index contributed by atoms with van der Waals surface area (Å²) in [6.45, 7) is 4.38. The summed E-state index contributed by atoms with van der Waals surface area (Å²) in [4.78, 5) is 36.8. The highest BCUT2D eigenvalue weighted by Crippen LogP contribution is 2.12. The number of esters is 2. The third-order valence-corrected chi connectivity index (χ3v) is 8.05. The van der Waals surface area contributed by atoms with Crippen LogP contribution in [0.1, 0.15) is 123 Å². The van der Waals surface area contributed by atoms with Crippen molar-refractivity contribution in [1.29, 1.82) is 0 Å². The lowest BCUT2D eigenvalue weighted by molar-refractivity contribution is -0.887. The van der Waals surface area contributed by atoms with Crippen LogP contribution in [0.25, 0.3) is 0 Å². The lowest BCUT2D eigenvalue weighted by Crippen LogP contribution is -2.50. The molecule has 0 aromatic carbocycles. The molecule has 0 aromatic heterocycles. The molecule has 0 bridgehead atoms. The maximum absolute atomic E-state index is 12.6. The van der Waals surface area contributed by atoms with Crippen LogP contribution >= 0.6 is 0 Å². The van der Waals surface area contributed by atoms with Crippen molar-refractivity contribution in [3.63, 3.8) is 0 Å². The molecule has 0 aromatic rings. The van der Waals surface area contributed by atoms with Crippen LogP contribution in [-0.4, -0.2) is 80.6 Å². The number of likely N-dealkylation sites (N-methyl/N-ethyl adjacent to an activating group) is 1. The van der Waals surface area contributed by atoms with Crippen LogP contribution in [0.5, 0.6) is 0 Å². The summed E-state index contributed by atoms with van der Waals surface area (Å²) in [5.41, 5.74) is 0. The zero-order valence-electron chi connectivity index (χ0n) is 33.2. The zero-order chi connectivity index (χ0) is 38.5. The van der Waals surface area contributed by atoms with Gasteiger partial charge in [-0.15, -0.1) is 0 Å². The first-order valence-corrected chi connectivity index (χ1v) is 19.6. The van der Waals surface area contributed by atoms with E-state index in [4.69, 9.17) is 14.2 Å². The second kappa shape index (κ2) is 34.6. The van der Waals surface area contributed by atoms with Gasteiger partial charge in [-0.1, -0.05) is 118 Å². The van der Waals surface area contributed by atoms with Crippen LogP contribution in [0.4, 0.5) is 0 Å². The van der Waals surface area contributed by atoms with E-state index in [1.807, 2.05) is 33.3 Å². The maximum atomic E-state index is 12.6. The Balaban J connectivity index is 4.56. The summed E-state index contributed by atoms with van der Waals surface area (Å²) in [6.07, 6.45) is 43.6. The van der Waals surface area contributed by atoms with Crippen LogP contribution < -0.4 is 0 Å². The Kier molecular flexibility index (Phi) is 32.3. The summed E-state index contributed by atoms with van der Waals surface area (Å²) in [7, 11) is 5.48. The fourth-order valence-corrected chi connectivity index (χ4v) is 5.06. The molecule has 0 heterocycles. The number of hydrogen-bond acceptors (Lipinski definition) is 6. The molecule has 0 saturated heterocycles. The molecule has 8 heteroatoms. The van der Waals surface area contributed by atoms with Gasteiger partial charge in [-0.05, 0) is 70.6 Å². The molecule has 0 rings (SSSR count). The van der Waals surface area contributed by atoms with Crippen molar-refractivity contribution in [2.75, 3.05) is 41.0 Å². The lowest BCUT2D eigenvalue weighted by atomic mass is 10.1. The normalized spacial score (nSPS) is 13.9. The van der Waals surface area contributed by atoms with Crippen LogP contribution in [0.15, 0.2) is 85.1 Å². The first-order chi connectivity index (χ1) is 25.1. The largest absolute Gasteiger partial charge is 0.477 e. The molecule has 52 heavy (non-hydrogen) atoms. The molecule has 294 valence electrons. The molecule has 0 amide bonds. The minimum atomic E-state index is -0.892. The van der Waals surface area contributed by atoms with Crippen LogP contribution in [-0.2, 0) is 28.6 Å². The fourth-order valence-electron chi connectivity index (χ4n) is 5.06. The number of rotatable bonds is 33. The first-order valence-electron chi connectivity index (χ1n) is 19.6. The molecule has 0 aliphatic rings. The Labute approximate surface area is 316 Å². The molecule has 0 radical (unpaired) electrons. The van der Waals surface area contributed by atoms with Gasteiger partial charge < -0.3 is 23.8 Å². The summed E-state index contributed by atoms with van der Waals surface area (Å²) in [5, 5.41) is 9.59. The van der Waals surface area contributed by atoms with Crippen molar-refractivity contribution in [3.05, 3.63) is 85.1 Å². The number of aliphatic carboxylic acids is 1. The number of carboxylic acid groups (broad SMARTS) is 1. The molecule has 0 saturated carbocycles. The SMILES string of the molecule is CC/C=C/C/C=C/C/C=C/C/C=C/C/C=C/CCC(=O)OCC(COCCC(C(=O)O)[N+](C)(C)C)OC(=O)CCCCCCC/C=C/C/C=C/CC. The Morgan fingerprint density at radius 2 is 1.06 bits per heavy atom. The van der Waals surface area contributed by atoms with E-state index in [0.717, 1.165) is 83.5 Å². The van der Waals surface area contributed by atoms with Gasteiger partial charge in [-0.25, -0.2) is 4.79 Å². The van der Waals surface area contributed by atoms with Gasteiger partial charge in [0.25, 0.3) is 0 Å². The molecule has 8 nitrogen and oxygen atoms in total. The number of carbonyl (C=O) groups is 3. The quantitative estimate of drug-likeness (QED) is 0.0311. The average Bonchev–Trinajstić information content (AvgIpc) is 3.09. The molecule has 0 aliphatic carbocycles. The van der Waals surface area contributed by atoms with Crippen molar-refractivity contribution in [2.24, 2.45) is 0 Å². The number of allylic oxidation sites excluding steroid dienone is 14. The number of ether oxygens (including phenoxy) is 3. The molecule has 0 aliphatic heterocycles. The Morgan fingerprint density at radius 3 is 1.58 bits per heavy atom. The predicted molar refractivity (Wildman–Crippen MR) is 215 cm³/mol. The van der Waals surface area contributed by atoms with Gasteiger partial charge in [0.15, 0.2) is 12.1 Å². The average molecular weight is 727 g/mol. The van der Waals surface area contributed by atoms with Crippen molar-refractivity contribution in [3.8, 4) is 0 Å². The number of unbranched alkanes of at least 4 members (excludes halogenated alkanes) is 5. The number of quaternary nitrogens is 1. The van der Waals surface area contributed by atoms with Gasteiger partial charge in [-0.3, -0.25) is 9.59 Å². The van der Waals surface area contributed by atoms with E-state index < -0.39 is 18.1 Å². The van der Waals surface area contributed by atoms with E-state index in [0.29, 0.717) is 19.3 Å². The van der Waals surface area contributed by atoms with E-state index >= 15 is 0 Å². The summed E-state index contributed by atoms with van der Waals surface area (Å²) < 4.78 is 17.1. The summed E-state index contributed by atoms with van der Waals surface area (Å²) in [5.74, 6) is -1.61. The minimum absolute atomic E-state index is 0.0268. The van der Waals surface area contributed by atoms with Gasteiger partial charge in [0.1, 0.15) is 6.61 Å². The number of carbonyl (C=O) groups excluding carboxylic acids is 2. The van der Waals surface area contributed by atoms with Crippen molar-refractivity contribution in [2.45, 2.75) is 135 Å². The highest BCUT2D eigenvalue weighted by Gasteiger charge is 2.31. The highest BCUT2D eigenvalue weighted by atomic mass is 16.6. The molecule has 0 spiro atoms. The van der Waals surface area contributed by atoms with Crippen molar-refractivity contribution >= 4 is 17.9 Å². The van der Waals surface area contributed by atoms with Gasteiger partial charge in [-0.2, -0.15) is 0 Å². The molecule has 0 fully saturated rings. The van der Waals surface area contributed by atoms with Crippen molar-refractivity contribution < 1.29 is 38.2 Å². The van der Waals surface area contributed by atoms with E-state index in [-0.39, 0.29) is 42.7 Å². The van der Waals surface area contributed by atoms with Gasteiger partial charge in [0.2, 0.25) is 0 Å². The Hall–Kier alpha value is -3.49. The molecule has 2 unspecified atom stereocenters. The second-order valence-corrected chi connectivity index (χ2v) is 13.8. The molecule has 2 atom stereocenters. The van der Waals surface area contributed by atoms with E-state index in [2.05, 4.69) is 86.8 Å². The van der Waals surface area contributed by atoms with Gasteiger partial charge >= 0.3 is 17.9 Å². The van der Waals surface area contributed by atoms with Gasteiger partial charge in [0.05, 0.1) is 34.4 Å². The van der Waals surface area contributed by atoms with Crippen LogP contribution in [0.3, 0.4) is 0 Å². The monoisotopic (exact) mass is 727 g/mol. The number of nitrogens with zero attached hydrogens (tertiary/aromatic N) is 1. The van der Waals surface area contributed by atoms with Crippen LogP contribution in [0, 0.1) is 0 Å². The maximum Gasteiger partial charge on any atom is 0.362 e. The Morgan fingerprint density at radius 1 is 0.577 bits per heavy atom. The molecular weight excluding hydrogens is 654 g/mol. The standard InChI is InChI=1S/C44H71NO7/c1-6-8-10-12-14-16-18-20-21-22-23-25-26-28-30-32-34-42(46)51-39-40(38-50-37-36-41(44(48)49)45(3,4)5)52-43(47)35-33-31-29-27-24-19-17-15-13-11-9-7-2/h8-11,14-17,20-21,23,25,28,30,40-41H,6-7,12-13,18-19,22,24,26-27,29,31-39H2,1-5H3/p+1/b10-8+,11-9+,16-14+,17-15+,21-20+,25-23+,30-28+. The second-order valence-electron chi connectivity index (χ2n) is 13.8. The minimum Gasteiger partial charge on any atom is -0.477 e. The lowest BCUT2D eigenvalue weighted by Gasteiger charge is -2.31. The third-order valence-electron chi connectivity index (χ3n) is 8.05.